The molecule has 0 saturated carbocycles. The highest BCUT2D eigenvalue weighted by Gasteiger charge is 2.19. The number of anilines is 1. The molecule has 0 spiro atoms. The Balaban J connectivity index is 1.22. The number of benzene rings is 2. The molecule has 5 heteroatoms. The standard InChI is InChI=1S/C22H25BrN4/c23-20-6-7-21-19(14-20)15-25-22(26-21)24-11-8-17-9-12-27(13-10-17)16-18-4-2-1-3-5-18/h1-7,14-15,17H,8-13,16H2,(H,24,25,26). The Labute approximate surface area is 169 Å². The van der Waals surface area contributed by atoms with Gasteiger partial charge >= 0.3 is 0 Å². The first-order valence-electron chi connectivity index (χ1n) is 9.69. The second-order valence-corrected chi connectivity index (χ2v) is 8.23. The fraction of sp³-hybridized carbons (Fsp3) is 0.364. The maximum atomic E-state index is 4.61. The van der Waals surface area contributed by atoms with E-state index in [1.165, 1.54) is 37.9 Å². The second kappa shape index (κ2) is 8.81. The predicted molar refractivity (Wildman–Crippen MR) is 115 cm³/mol. The van der Waals surface area contributed by atoms with Crippen LogP contribution in [0.1, 0.15) is 24.8 Å². The van der Waals surface area contributed by atoms with Gasteiger partial charge in [-0.1, -0.05) is 46.3 Å². The van der Waals surface area contributed by atoms with Crippen molar-refractivity contribution in [2.45, 2.75) is 25.8 Å². The zero-order valence-electron chi connectivity index (χ0n) is 15.4. The summed E-state index contributed by atoms with van der Waals surface area (Å²) in [6.45, 7) is 4.40. The van der Waals surface area contributed by atoms with E-state index in [0.29, 0.717) is 0 Å². The van der Waals surface area contributed by atoms with Crippen molar-refractivity contribution in [1.82, 2.24) is 14.9 Å². The highest BCUT2D eigenvalue weighted by Crippen LogP contribution is 2.22. The van der Waals surface area contributed by atoms with Crippen LogP contribution in [0.5, 0.6) is 0 Å². The molecule has 1 aromatic heterocycles. The number of aromatic nitrogens is 2. The number of piperidine rings is 1. The molecule has 4 rings (SSSR count). The third-order valence-corrected chi connectivity index (χ3v) is 5.83. The lowest BCUT2D eigenvalue weighted by Gasteiger charge is -2.32. The smallest absolute Gasteiger partial charge is 0.223 e. The molecule has 2 aromatic carbocycles. The topological polar surface area (TPSA) is 41.1 Å². The Hall–Kier alpha value is -1.98. The average Bonchev–Trinajstić information content (AvgIpc) is 2.70. The van der Waals surface area contributed by atoms with Crippen molar-refractivity contribution in [2.24, 2.45) is 5.92 Å². The summed E-state index contributed by atoms with van der Waals surface area (Å²) in [4.78, 5) is 11.6. The van der Waals surface area contributed by atoms with Crippen molar-refractivity contribution < 1.29 is 0 Å². The number of fused-ring (bicyclic) bond motifs is 1. The van der Waals surface area contributed by atoms with E-state index in [9.17, 15) is 0 Å². The molecule has 4 nitrogen and oxygen atoms in total. The zero-order chi connectivity index (χ0) is 18.5. The molecular weight excluding hydrogens is 400 g/mol. The predicted octanol–water partition coefficient (Wildman–Crippen LogP) is 5.11. The largest absolute Gasteiger partial charge is 0.354 e. The summed E-state index contributed by atoms with van der Waals surface area (Å²) >= 11 is 3.48. The molecule has 1 aliphatic rings. The number of likely N-dealkylation sites (tertiary alicyclic amines) is 1. The van der Waals surface area contributed by atoms with Crippen LogP contribution in [0.2, 0.25) is 0 Å². The van der Waals surface area contributed by atoms with Crippen LogP contribution >= 0.6 is 15.9 Å². The zero-order valence-corrected chi connectivity index (χ0v) is 17.0. The third kappa shape index (κ3) is 5.05. The van der Waals surface area contributed by atoms with E-state index in [1.54, 1.807) is 0 Å². The summed E-state index contributed by atoms with van der Waals surface area (Å²) in [6.07, 6.45) is 5.63. The molecule has 0 bridgehead atoms. The molecule has 27 heavy (non-hydrogen) atoms. The summed E-state index contributed by atoms with van der Waals surface area (Å²) in [5.74, 6) is 1.52. The van der Waals surface area contributed by atoms with Crippen LogP contribution in [-0.2, 0) is 6.54 Å². The number of hydrogen-bond acceptors (Lipinski definition) is 4. The third-order valence-electron chi connectivity index (χ3n) is 5.33. The van der Waals surface area contributed by atoms with Crippen LogP contribution in [0.25, 0.3) is 10.9 Å². The first-order valence-corrected chi connectivity index (χ1v) is 10.5. The maximum absolute atomic E-state index is 4.61. The van der Waals surface area contributed by atoms with E-state index < -0.39 is 0 Å². The van der Waals surface area contributed by atoms with Crippen molar-refractivity contribution in [3.05, 3.63) is 64.8 Å². The number of halogens is 1. The van der Waals surface area contributed by atoms with Gasteiger partial charge in [0.2, 0.25) is 5.95 Å². The molecular formula is C22H25BrN4. The Kier molecular flexibility index (Phi) is 6.00. The van der Waals surface area contributed by atoms with Gasteiger partial charge in [-0.15, -0.1) is 0 Å². The molecule has 0 aliphatic carbocycles. The Bertz CT molecular complexity index is 876. The van der Waals surface area contributed by atoms with Crippen LogP contribution < -0.4 is 5.32 Å². The molecule has 3 aromatic rings. The van der Waals surface area contributed by atoms with E-state index in [0.717, 1.165) is 40.3 Å². The van der Waals surface area contributed by atoms with E-state index in [4.69, 9.17) is 0 Å². The summed E-state index contributed by atoms with van der Waals surface area (Å²) in [5.41, 5.74) is 2.39. The van der Waals surface area contributed by atoms with Crippen molar-refractivity contribution >= 4 is 32.8 Å². The van der Waals surface area contributed by atoms with E-state index in [-0.39, 0.29) is 0 Å². The molecule has 1 N–H and O–H groups in total. The minimum atomic E-state index is 0.728. The SMILES string of the molecule is Brc1ccc2nc(NCCC3CCN(Cc4ccccc4)CC3)ncc2c1. The lowest BCUT2D eigenvalue weighted by atomic mass is 9.93. The number of nitrogens with one attached hydrogen (secondary N) is 1. The summed E-state index contributed by atoms with van der Waals surface area (Å²) in [5, 5.41) is 4.46. The van der Waals surface area contributed by atoms with Crippen molar-refractivity contribution in [1.29, 1.82) is 0 Å². The molecule has 140 valence electrons. The first-order chi connectivity index (χ1) is 13.3. The molecule has 1 fully saturated rings. The Morgan fingerprint density at radius 1 is 1.07 bits per heavy atom. The number of nitrogens with zero attached hydrogens (tertiary/aromatic N) is 3. The van der Waals surface area contributed by atoms with Gasteiger partial charge in [0.25, 0.3) is 0 Å². The normalized spacial score (nSPS) is 15.9. The Morgan fingerprint density at radius 2 is 1.89 bits per heavy atom. The fourth-order valence-electron chi connectivity index (χ4n) is 3.75. The monoisotopic (exact) mass is 424 g/mol. The van der Waals surface area contributed by atoms with Gasteiger partial charge in [-0.05, 0) is 62.0 Å². The van der Waals surface area contributed by atoms with Gasteiger partial charge < -0.3 is 5.32 Å². The highest BCUT2D eigenvalue weighted by atomic mass is 79.9. The number of hydrogen-bond donors (Lipinski definition) is 1. The molecule has 0 atom stereocenters. The summed E-state index contributed by atoms with van der Waals surface area (Å²) < 4.78 is 1.05. The van der Waals surface area contributed by atoms with Crippen molar-refractivity contribution in [3.63, 3.8) is 0 Å². The van der Waals surface area contributed by atoms with Gasteiger partial charge in [0, 0.05) is 29.1 Å². The van der Waals surface area contributed by atoms with Crippen LogP contribution in [0.15, 0.2) is 59.2 Å². The van der Waals surface area contributed by atoms with Crippen LogP contribution in [0.4, 0.5) is 5.95 Å². The minimum absolute atomic E-state index is 0.728. The highest BCUT2D eigenvalue weighted by molar-refractivity contribution is 9.10. The van der Waals surface area contributed by atoms with Gasteiger partial charge in [-0.25, -0.2) is 9.97 Å². The van der Waals surface area contributed by atoms with E-state index >= 15 is 0 Å². The van der Waals surface area contributed by atoms with Crippen molar-refractivity contribution in [3.8, 4) is 0 Å². The maximum Gasteiger partial charge on any atom is 0.223 e. The summed E-state index contributed by atoms with van der Waals surface area (Å²) in [7, 11) is 0. The summed E-state index contributed by atoms with van der Waals surface area (Å²) in [6, 6.07) is 16.9. The molecule has 2 heterocycles. The Morgan fingerprint density at radius 3 is 2.70 bits per heavy atom. The van der Waals surface area contributed by atoms with Gasteiger partial charge in [0.1, 0.15) is 0 Å². The first kappa shape index (κ1) is 18.4. The van der Waals surface area contributed by atoms with E-state index in [2.05, 4.69) is 66.4 Å². The van der Waals surface area contributed by atoms with E-state index in [1.807, 2.05) is 24.4 Å². The molecule has 1 saturated heterocycles. The van der Waals surface area contributed by atoms with Crippen molar-refractivity contribution in [2.75, 3.05) is 25.0 Å². The van der Waals surface area contributed by atoms with Gasteiger partial charge in [-0.3, -0.25) is 4.90 Å². The van der Waals surface area contributed by atoms with Crippen LogP contribution in [-0.4, -0.2) is 34.5 Å². The molecule has 0 radical (unpaired) electrons. The number of rotatable bonds is 6. The molecule has 1 aliphatic heterocycles. The lowest BCUT2D eigenvalue weighted by Crippen LogP contribution is -2.33. The minimum Gasteiger partial charge on any atom is -0.354 e. The van der Waals surface area contributed by atoms with Gasteiger partial charge in [0.15, 0.2) is 0 Å². The second-order valence-electron chi connectivity index (χ2n) is 7.32. The lowest BCUT2D eigenvalue weighted by molar-refractivity contribution is 0.174. The van der Waals surface area contributed by atoms with Gasteiger partial charge in [-0.2, -0.15) is 0 Å². The average molecular weight is 425 g/mol. The molecule has 0 amide bonds. The van der Waals surface area contributed by atoms with Gasteiger partial charge in [0.05, 0.1) is 5.52 Å². The quantitative estimate of drug-likeness (QED) is 0.596. The van der Waals surface area contributed by atoms with Crippen LogP contribution in [0.3, 0.4) is 0 Å². The fourth-order valence-corrected chi connectivity index (χ4v) is 4.13. The van der Waals surface area contributed by atoms with Crippen LogP contribution in [0, 0.1) is 5.92 Å². The molecule has 0 unspecified atom stereocenters.